The van der Waals surface area contributed by atoms with Crippen molar-refractivity contribution in [2.75, 3.05) is 6.61 Å². The highest BCUT2D eigenvalue weighted by atomic mass is 16.6. The molecule has 2 amide bonds. The average molecular weight is 260 g/mol. The van der Waals surface area contributed by atoms with Crippen molar-refractivity contribution in [1.82, 2.24) is 0 Å². The molecule has 0 aliphatic carbocycles. The van der Waals surface area contributed by atoms with Crippen molar-refractivity contribution in [3.05, 3.63) is 0 Å². The fourth-order valence-electron chi connectivity index (χ4n) is 2.09. The molecule has 4 N–H and O–H groups in total. The number of ether oxygens (including phenoxy) is 2. The van der Waals surface area contributed by atoms with Crippen LogP contribution >= 0.6 is 0 Å². The summed E-state index contributed by atoms with van der Waals surface area (Å²) in [6, 6.07) is 0. The SMILES string of the molecule is CCCC(OC(N)=O)C(C)(CCC)COC(N)=O. The average Bonchev–Trinajstić information content (AvgIpc) is 2.26. The zero-order valence-corrected chi connectivity index (χ0v) is 11.4. The van der Waals surface area contributed by atoms with E-state index in [9.17, 15) is 9.59 Å². The zero-order valence-electron chi connectivity index (χ0n) is 11.4. The van der Waals surface area contributed by atoms with Gasteiger partial charge in [0, 0.05) is 5.41 Å². The van der Waals surface area contributed by atoms with E-state index in [1.54, 1.807) is 0 Å². The third-order valence-corrected chi connectivity index (χ3v) is 2.95. The van der Waals surface area contributed by atoms with E-state index < -0.39 is 17.6 Å². The molecule has 0 saturated carbocycles. The maximum Gasteiger partial charge on any atom is 0.404 e. The minimum atomic E-state index is -0.827. The second kappa shape index (κ2) is 7.79. The van der Waals surface area contributed by atoms with Crippen LogP contribution in [0, 0.1) is 5.41 Å². The van der Waals surface area contributed by atoms with Gasteiger partial charge in [0.25, 0.3) is 0 Å². The van der Waals surface area contributed by atoms with E-state index >= 15 is 0 Å². The molecule has 6 nitrogen and oxygen atoms in total. The Hall–Kier alpha value is -1.46. The Morgan fingerprint density at radius 3 is 2.17 bits per heavy atom. The third kappa shape index (κ3) is 5.75. The summed E-state index contributed by atoms with van der Waals surface area (Å²) in [5.74, 6) is 0. The molecule has 0 heterocycles. The van der Waals surface area contributed by atoms with Crippen LogP contribution in [-0.4, -0.2) is 24.9 Å². The molecule has 0 fully saturated rings. The number of carbonyl (C=O) groups is 2. The molecule has 2 unspecified atom stereocenters. The minimum absolute atomic E-state index is 0.119. The lowest BCUT2D eigenvalue weighted by atomic mass is 9.79. The Bertz CT molecular complexity index is 283. The predicted molar refractivity (Wildman–Crippen MR) is 67.9 cm³/mol. The molecule has 2 atom stereocenters. The van der Waals surface area contributed by atoms with Gasteiger partial charge in [-0.1, -0.05) is 33.6 Å². The third-order valence-electron chi connectivity index (χ3n) is 2.95. The second-order valence-corrected chi connectivity index (χ2v) is 4.73. The molecule has 0 aliphatic rings. The van der Waals surface area contributed by atoms with Gasteiger partial charge in [-0.15, -0.1) is 0 Å². The lowest BCUT2D eigenvalue weighted by Gasteiger charge is -2.35. The van der Waals surface area contributed by atoms with Gasteiger partial charge in [-0.2, -0.15) is 0 Å². The molecule has 0 aromatic carbocycles. The first-order chi connectivity index (χ1) is 8.35. The van der Waals surface area contributed by atoms with Gasteiger partial charge >= 0.3 is 12.2 Å². The zero-order chi connectivity index (χ0) is 14.2. The molecule has 106 valence electrons. The summed E-state index contributed by atoms with van der Waals surface area (Å²) < 4.78 is 10.0. The summed E-state index contributed by atoms with van der Waals surface area (Å²) in [5.41, 5.74) is 9.59. The van der Waals surface area contributed by atoms with Gasteiger partial charge in [0.15, 0.2) is 0 Å². The van der Waals surface area contributed by atoms with E-state index in [4.69, 9.17) is 20.9 Å². The molecule has 0 aliphatic heterocycles. The van der Waals surface area contributed by atoms with Gasteiger partial charge in [0.2, 0.25) is 0 Å². The van der Waals surface area contributed by atoms with Crippen LogP contribution in [0.2, 0.25) is 0 Å². The number of hydrogen-bond donors (Lipinski definition) is 2. The van der Waals surface area contributed by atoms with Crippen LogP contribution in [0.4, 0.5) is 9.59 Å². The molecule has 0 aromatic heterocycles. The van der Waals surface area contributed by atoms with E-state index in [1.807, 2.05) is 20.8 Å². The van der Waals surface area contributed by atoms with Crippen LogP contribution in [0.3, 0.4) is 0 Å². The molecule has 0 saturated heterocycles. The molecule has 18 heavy (non-hydrogen) atoms. The maximum atomic E-state index is 10.9. The fraction of sp³-hybridized carbons (Fsp3) is 0.833. The summed E-state index contributed by atoms with van der Waals surface area (Å²) in [5, 5.41) is 0. The standard InChI is InChI=1S/C12H24N2O4/c1-4-6-9(18-11(14)16)12(3,7-5-2)8-17-10(13)15/h9H,4-8H2,1-3H3,(H2,13,15)(H2,14,16). The number of amides is 2. The number of nitrogens with two attached hydrogens (primary N) is 2. The first-order valence-electron chi connectivity index (χ1n) is 6.24. The van der Waals surface area contributed by atoms with Crippen molar-refractivity contribution in [2.24, 2.45) is 16.9 Å². The lowest BCUT2D eigenvalue weighted by Crippen LogP contribution is -2.42. The van der Waals surface area contributed by atoms with Gasteiger partial charge in [-0.3, -0.25) is 0 Å². The highest BCUT2D eigenvalue weighted by Gasteiger charge is 2.36. The van der Waals surface area contributed by atoms with E-state index in [2.05, 4.69) is 0 Å². The van der Waals surface area contributed by atoms with E-state index in [-0.39, 0.29) is 12.7 Å². The summed E-state index contributed by atoms with van der Waals surface area (Å²) in [4.78, 5) is 21.7. The number of hydrogen-bond acceptors (Lipinski definition) is 4. The molecule has 0 aromatic rings. The van der Waals surface area contributed by atoms with E-state index in [0.717, 1.165) is 19.3 Å². The maximum absolute atomic E-state index is 10.9. The Balaban J connectivity index is 4.83. The van der Waals surface area contributed by atoms with Crippen LogP contribution in [0.5, 0.6) is 0 Å². The molecule has 0 spiro atoms. The highest BCUT2D eigenvalue weighted by molar-refractivity contribution is 5.65. The molecule has 6 heteroatoms. The number of carbonyl (C=O) groups excluding carboxylic acids is 2. The molecule has 0 radical (unpaired) electrons. The van der Waals surface area contributed by atoms with Gasteiger partial charge in [-0.25, -0.2) is 9.59 Å². The monoisotopic (exact) mass is 260 g/mol. The largest absolute Gasteiger partial charge is 0.449 e. The van der Waals surface area contributed by atoms with Crippen LogP contribution in [-0.2, 0) is 9.47 Å². The van der Waals surface area contributed by atoms with Crippen LogP contribution in [0.15, 0.2) is 0 Å². The smallest absolute Gasteiger partial charge is 0.404 e. The van der Waals surface area contributed by atoms with Crippen LogP contribution in [0.1, 0.15) is 46.5 Å². The van der Waals surface area contributed by atoms with Gasteiger partial charge < -0.3 is 20.9 Å². The normalized spacial score (nSPS) is 15.5. The first-order valence-corrected chi connectivity index (χ1v) is 6.24. The number of primary amides is 2. The molecular weight excluding hydrogens is 236 g/mol. The lowest BCUT2D eigenvalue weighted by molar-refractivity contribution is -0.0283. The van der Waals surface area contributed by atoms with Crippen LogP contribution in [0.25, 0.3) is 0 Å². The Kier molecular flexibility index (Phi) is 7.16. The van der Waals surface area contributed by atoms with Crippen molar-refractivity contribution in [3.63, 3.8) is 0 Å². The van der Waals surface area contributed by atoms with E-state index in [0.29, 0.717) is 6.42 Å². The van der Waals surface area contributed by atoms with Gasteiger partial charge in [-0.05, 0) is 12.8 Å². The highest BCUT2D eigenvalue weighted by Crippen LogP contribution is 2.33. The quantitative estimate of drug-likeness (QED) is 0.697. The minimum Gasteiger partial charge on any atom is -0.449 e. The summed E-state index contributed by atoms with van der Waals surface area (Å²) >= 11 is 0. The summed E-state index contributed by atoms with van der Waals surface area (Å²) in [6.45, 7) is 6.02. The molecule has 0 bridgehead atoms. The second-order valence-electron chi connectivity index (χ2n) is 4.73. The summed E-state index contributed by atoms with van der Waals surface area (Å²) in [6.07, 6.45) is 1.12. The first kappa shape index (κ1) is 16.5. The Morgan fingerprint density at radius 1 is 1.17 bits per heavy atom. The molecular formula is C12H24N2O4. The topological polar surface area (TPSA) is 105 Å². The Labute approximate surface area is 108 Å². The van der Waals surface area contributed by atoms with Crippen molar-refractivity contribution < 1.29 is 19.1 Å². The predicted octanol–water partition coefficient (Wildman–Crippen LogP) is 2.15. The van der Waals surface area contributed by atoms with Gasteiger partial charge in [0.1, 0.15) is 12.7 Å². The van der Waals surface area contributed by atoms with Gasteiger partial charge in [0.05, 0.1) is 0 Å². The number of rotatable bonds is 8. The van der Waals surface area contributed by atoms with Crippen molar-refractivity contribution >= 4 is 12.2 Å². The van der Waals surface area contributed by atoms with Crippen molar-refractivity contribution in [2.45, 2.75) is 52.6 Å². The van der Waals surface area contributed by atoms with Crippen LogP contribution < -0.4 is 11.5 Å². The van der Waals surface area contributed by atoms with Crippen molar-refractivity contribution in [1.29, 1.82) is 0 Å². The van der Waals surface area contributed by atoms with Crippen molar-refractivity contribution in [3.8, 4) is 0 Å². The fourth-order valence-corrected chi connectivity index (χ4v) is 2.09. The summed E-state index contributed by atoms with van der Waals surface area (Å²) in [7, 11) is 0. The molecule has 0 rings (SSSR count). The Morgan fingerprint density at radius 2 is 1.78 bits per heavy atom. The van der Waals surface area contributed by atoms with E-state index in [1.165, 1.54) is 0 Å².